The summed E-state index contributed by atoms with van der Waals surface area (Å²) in [4.78, 5) is 4.46. The van der Waals surface area contributed by atoms with Gasteiger partial charge in [0, 0.05) is 24.0 Å². The van der Waals surface area contributed by atoms with Crippen LogP contribution in [0.15, 0.2) is 0 Å². The maximum Gasteiger partial charge on any atom is 0.202 e. The second-order valence-electron chi connectivity index (χ2n) is 4.81. The van der Waals surface area contributed by atoms with Gasteiger partial charge in [-0.05, 0) is 24.7 Å². The van der Waals surface area contributed by atoms with Crippen molar-refractivity contribution in [1.82, 2.24) is 9.36 Å². The highest BCUT2D eigenvalue weighted by atomic mass is 32.1. The van der Waals surface area contributed by atoms with Crippen molar-refractivity contribution in [2.45, 2.75) is 39.5 Å². The molecule has 4 heteroatoms. The van der Waals surface area contributed by atoms with Gasteiger partial charge in [0.1, 0.15) is 5.82 Å². The number of nitrogens with zero attached hydrogens (tertiary/aromatic N) is 2. The van der Waals surface area contributed by atoms with Gasteiger partial charge < -0.3 is 5.32 Å². The Hall–Kier alpha value is -0.640. The molecule has 0 spiro atoms. The molecule has 1 fully saturated rings. The van der Waals surface area contributed by atoms with Crippen LogP contribution in [0.25, 0.3) is 0 Å². The van der Waals surface area contributed by atoms with E-state index in [-0.39, 0.29) is 0 Å². The topological polar surface area (TPSA) is 37.8 Å². The van der Waals surface area contributed by atoms with E-state index < -0.39 is 0 Å². The molecule has 1 atom stereocenters. The molecule has 0 amide bonds. The molecule has 1 aliphatic carbocycles. The van der Waals surface area contributed by atoms with Crippen molar-refractivity contribution < 1.29 is 0 Å². The first-order valence-corrected chi connectivity index (χ1v) is 6.51. The highest BCUT2D eigenvalue weighted by molar-refractivity contribution is 7.09. The van der Waals surface area contributed by atoms with Crippen molar-refractivity contribution in [3.8, 4) is 0 Å². The van der Waals surface area contributed by atoms with E-state index in [9.17, 15) is 0 Å². The molecule has 1 saturated carbocycles. The summed E-state index contributed by atoms with van der Waals surface area (Å²) >= 11 is 1.48. The van der Waals surface area contributed by atoms with Gasteiger partial charge in [-0.3, -0.25) is 0 Å². The molecular formula is C11H19N3S. The van der Waals surface area contributed by atoms with Crippen LogP contribution in [-0.4, -0.2) is 15.9 Å². The molecule has 15 heavy (non-hydrogen) atoms. The van der Waals surface area contributed by atoms with Crippen LogP contribution >= 0.6 is 11.5 Å². The predicted octanol–water partition coefficient (Wildman–Crippen LogP) is 3.12. The summed E-state index contributed by atoms with van der Waals surface area (Å²) in [5, 5.41) is 4.36. The van der Waals surface area contributed by atoms with Crippen LogP contribution in [0.3, 0.4) is 0 Å². The Kier molecular flexibility index (Phi) is 3.24. The van der Waals surface area contributed by atoms with Crippen molar-refractivity contribution in [1.29, 1.82) is 0 Å². The third-order valence-corrected chi connectivity index (χ3v) is 3.65. The zero-order valence-electron chi connectivity index (χ0n) is 9.66. The summed E-state index contributed by atoms with van der Waals surface area (Å²) < 4.78 is 4.32. The molecular weight excluding hydrogens is 206 g/mol. The van der Waals surface area contributed by atoms with Gasteiger partial charge in [0.25, 0.3) is 0 Å². The standard InChI is InChI=1S/C11H19N3S/c1-7(2)10-13-11(15-14-10)12-6-8(3)9-4-5-9/h7-9H,4-6H2,1-3H3,(H,12,13,14). The summed E-state index contributed by atoms with van der Waals surface area (Å²) in [5.74, 6) is 3.12. The summed E-state index contributed by atoms with van der Waals surface area (Å²) in [6.07, 6.45) is 2.83. The smallest absolute Gasteiger partial charge is 0.202 e. The molecule has 3 nitrogen and oxygen atoms in total. The van der Waals surface area contributed by atoms with Crippen LogP contribution in [0.4, 0.5) is 5.13 Å². The lowest BCUT2D eigenvalue weighted by Crippen LogP contribution is -2.12. The Morgan fingerprint density at radius 1 is 1.40 bits per heavy atom. The molecule has 0 bridgehead atoms. The number of hydrogen-bond donors (Lipinski definition) is 1. The second kappa shape index (κ2) is 4.47. The average Bonchev–Trinajstić information content (AvgIpc) is 2.93. The van der Waals surface area contributed by atoms with Crippen LogP contribution in [0.1, 0.15) is 45.4 Å². The second-order valence-corrected chi connectivity index (χ2v) is 5.56. The summed E-state index contributed by atoms with van der Waals surface area (Å²) in [6, 6.07) is 0. The lowest BCUT2D eigenvalue weighted by atomic mass is 10.1. The predicted molar refractivity (Wildman–Crippen MR) is 64.4 cm³/mol. The van der Waals surface area contributed by atoms with Crippen LogP contribution in [-0.2, 0) is 0 Å². The number of aromatic nitrogens is 2. The minimum absolute atomic E-state index is 0.428. The lowest BCUT2D eigenvalue weighted by molar-refractivity contribution is 0.536. The van der Waals surface area contributed by atoms with E-state index in [1.807, 2.05) is 0 Å². The van der Waals surface area contributed by atoms with Gasteiger partial charge in [-0.1, -0.05) is 20.8 Å². The normalized spacial score (nSPS) is 18.1. The summed E-state index contributed by atoms with van der Waals surface area (Å²) in [7, 11) is 0. The molecule has 0 saturated heterocycles. The van der Waals surface area contributed by atoms with Crippen LogP contribution in [0, 0.1) is 11.8 Å². The number of hydrogen-bond acceptors (Lipinski definition) is 4. The minimum Gasteiger partial charge on any atom is -0.360 e. The molecule has 0 aromatic carbocycles. The van der Waals surface area contributed by atoms with Gasteiger partial charge in [-0.2, -0.15) is 4.37 Å². The first-order valence-electron chi connectivity index (χ1n) is 5.74. The minimum atomic E-state index is 0.428. The fraction of sp³-hybridized carbons (Fsp3) is 0.818. The lowest BCUT2D eigenvalue weighted by Gasteiger charge is -2.09. The van der Waals surface area contributed by atoms with E-state index in [0.29, 0.717) is 5.92 Å². The Morgan fingerprint density at radius 3 is 2.67 bits per heavy atom. The van der Waals surface area contributed by atoms with Crippen molar-refractivity contribution in [2.75, 3.05) is 11.9 Å². The SMILES string of the molecule is CC(C)c1nsc(NCC(C)C2CC2)n1. The van der Waals surface area contributed by atoms with E-state index in [1.54, 1.807) is 0 Å². The maximum absolute atomic E-state index is 4.46. The maximum atomic E-state index is 4.46. The summed E-state index contributed by atoms with van der Waals surface area (Å²) in [5.41, 5.74) is 0. The first kappa shape index (κ1) is 10.9. The molecule has 0 radical (unpaired) electrons. The van der Waals surface area contributed by atoms with E-state index in [0.717, 1.165) is 29.3 Å². The number of anilines is 1. The molecule has 1 heterocycles. The van der Waals surface area contributed by atoms with Crippen LogP contribution < -0.4 is 5.32 Å². The van der Waals surface area contributed by atoms with Crippen molar-refractivity contribution >= 4 is 16.7 Å². The zero-order chi connectivity index (χ0) is 10.8. The Bertz CT molecular complexity index is 317. The molecule has 1 unspecified atom stereocenters. The fourth-order valence-corrected chi connectivity index (χ4v) is 2.34. The van der Waals surface area contributed by atoms with Crippen molar-refractivity contribution in [3.63, 3.8) is 0 Å². The monoisotopic (exact) mass is 225 g/mol. The van der Waals surface area contributed by atoms with Gasteiger partial charge in [-0.25, -0.2) is 4.98 Å². The van der Waals surface area contributed by atoms with Gasteiger partial charge in [0.05, 0.1) is 0 Å². The van der Waals surface area contributed by atoms with E-state index in [2.05, 4.69) is 35.4 Å². The molecule has 1 aliphatic rings. The quantitative estimate of drug-likeness (QED) is 0.836. The van der Waals surface area contributed by atoms with E-state index in [4.69, 9.17) is 0 Å². The summed E-state index contributed by atoms with van der Waals surface area (Å²) in [6.45, 7) is 7.60. The third-order valence-electron chi connectivity index (χ3n) is 2.96. The molecule has 0 aliphatic heterocycles. The largest absolute Gasteiger partial charge is 0.360 e. The first-order chi connectivity index (χ1) is 7.16. The van der Waals surface area contributed by atoms with Gasteiger partial charge in [0.2, 0.25) is 5.13 Å². The number of nitrogens with one attached hydrogen (secondary N) is 1. The molecule has 84 valence electrons. The van der Waals surface area contributed by atoms with Crippen molar-refractivity contribution in [2.24, 2.45) is 11.8 Å². The van der Waals surface area contributed by atoms with E-state index in [1.165, 1.54) is 24.4 Å². The Labute approximate surface area is 95.5 Å². The van der Waals surface area contributed by atoms with Crippen molar-refractivity contribution in [3.05, 3.63) is 5.82 Å². The van der Waals surface area contributed by atoms with Crippen LogP contribution in [0.5, 0.6) is 0 Å². The van der Waals surface area contributed by atoms with Gasteiger partial charge >= 0.3 is 0 Å². The fourth-order valence-electron chi connectivity index (χ4n) is 1.62. The van der Waals surface area contributed by atoms with Gasteiger partial charge in [0.15, 0.2) is 0 Å². The highest BCUT2D eigenvalue weighted by Crippen LogP contribution is 2.36. The van der Waals surface area contributed by atoms with E-state index >= 15 is 0 Å². The molecule has 1 aromatic heterocycles. The molecule has 1 N–H and O–H groups in total. The molecule has 2 rings (SSSR count). The zero-order valence-corrected chi connectivity index (χ0v) is 10.5. The Balaban J connectivity index is 1.82. The molecule has 1 aromatic rings. The highest BCUT2D eigenvalue weighted by Gasteiger charge is 2.27. The number of rotatable bonds is 5. The van der Waals surface area contributed by atoms with Gasteiger partial charge in [-0.15, -0.1) is 0 Å². The Morgan fingerprint density at radius 2 is 2.13 bits per heavy atom. The third kappa shape index (κ3) is 2.91. The van der Waals surface area contributed by atoms with Crippen LogP contribution in [0.2, 0.25) is 0 Å². The average molecular weight is 225 g/mol.